The summed E-state index contributed by atoms with van der Waals surface area (Å²) in [5, 5.41) is 5.28. The third-order valence-electron chi connectivity index (χ3n) is 7.20. The number of sulfonamides is 1. The maximum absolute atomic E-state index is 13.6. The third kappa shape index (κ3) is 6.54. The van der Waals surface area contributed by atoms with Crippen LogP contribution in [-0.2, 0) is 26.2 Å². The predicted octanol–water partition coefficient (Wildman–Crippen LogP) is 4.98. The first-order valence-corrected chi connectivity index (χ1v) is 14.8. The Morgan fingerprint density at radius 3 is 2.34 bits per heavy atom. The van der Waals surface area contributed by atoms with Crippen molar-refractivity contribution in [2.24, 2.45) is 0 Å². The average molecular weight is 556 g/mol. The van der Waals surface area contributed by atoms with Crippen LogP contribution in [0, 0.1) is 0 Å². The highest BCUT2D eigenvalue weighted by molar-refractivity contribution is 7.89. The van der Waals surface area contributed by atoms with Crippen LogP contribution in [0.25, 0.3) is 10.8 Å². The summed E-state index contributed by atoms with van der Waals surface area (Å²) in [6, 6.07) is 18.8. The highest BCUT2D eigenvalue weighted by Gasteiger charge is 2.31. The third-order valence-corrected chi connectivity index (χ3v) is 9.37. The van der Waals surface area contributed by atoms with Crippen LogP contribution in [0.3, 0.4) is 0 Å². The molecule has 0 radical (unpaired) electrons. The van der Waals surface area contributed by atoms with Crippen LogP contribution in [0.4, 0.5) is 0 Å². The Morgan fingerprint density at radius 1 is 0.974 bits per heavy atom. The van der Waals surface area contributed by atoms with Gasteiger partial charge in [-0.25, -0.2) is 8.42 Å². The zero-order chi connectivity index (χ0) is 27.3. The number of benzene rings is 3. The van der Waals surface area contributed by atoms with Gasteiger partial charge in [-0.2, -0.15) is 4.31 Å². The zero-order valence-corrected chi connectivity index (χ0v) is 23.3. The van der Waals surface area contributed by atoms with Crippen molar-refractivity contribution >= 4 is 44.2 Å². The van der Waals surface area contributed by atoms with E-state index in [1.54, 1.807) is 43.3 Å². The largest absolute Gasteiger partial charge is 0.352 e. The summed E-state index contributed by atoms with van der Waals surface area (Å²) in [4.78, 5) is 28.3. The molecule has 1 saturated carbocycles. The molecule has 0 unspecified atom stereocenters. The van der Waals surface area contributed by atoms with Gasteiger partial charge in [0.15, 0.2) is 0 Å². The lowest BCUT2D eigenvalue weighted by atomic mass is 9.95. The SMILES string of the molecule is C[C@H](C(=O)NC1CCCCC1)N(Cc1ccccc1Cl)C(=O)CN(C)S(=O)(=O)c1ccc2ccccc2c1. The molecule has 38 heavy (non-hydrogen) atoms. The molecule has 0 aliphatic heterocycles. The summed E-state index contributed by atoms with van der Waals surface area (Å²) >= 11 is 6.37. The molecule has 1 atom stereocenters. The summed E-state index contributed by atoms with van der Waals surface area (Å²) in [7, 11) is -2.57. The summed E-state index contributed by atoms with van der Waals surface area (Å²) in [5.74, 6) is -0.736. The van der Waals surface area contributed by atoms with E-state index in [4.69, 9.17) is 11.6 Å². The Balaban J connectivity index is 1.54. The fraction of sp³-hybridized carbons (Fsp3) is 0.379. The van der Waals surface area contributed by atoms with Crippen molar-refractivity contribution in [2.45, 2.75) is 62.6 Å². The molecule has 1 fully saturated rings. The molecule has 1 aliphatic rings. The van der Waals surface area contributed by atoms with E-state index in [1.165, 1.54) is 11.9 Å². The topological polar surface area (TPSA) is 86.8 Å². The van der Waals surface area contributed by atoms with Gasteiger partial charge in [-0.1, -0.05) is 79.4 Å². The van der Waals surface area contributed by atoms with E-state index in [0.29, 0.717) is 10.6 Å². The van der Waals surface area contributed by atoms with E-state index in [0.717, 1.165) is 47.2 Å². The van der Waals surface area contributed by atoms with Crippen LogP contribution in [0.2, 0.25) is 5.02 Å². The molecule has 4 rings (SSSR count). The molecule has 2 amide bonds. The average Bonchev–Trinajstić information content (AvgIpc) is 2.92. The number of carbonyl (C=O) groups excluding carboxylic acids is 2. The summed E-state index contributed by atoms with van der Waals surface area (Å²) in [6.07, 6.45) is 5.14. The lowest BCUT2D eigenvalue weighted by Gasteiger charge is -2.32. The van der Waals surface area contributed by atoms with Crippen molar-refractivity contribution in [1.29, 1.82) is 0 Å². The zero-order valence-electron chi connectivity index (χ0n) is 21.8. The van der Waals surface area contributed by atoms with Crippen LogP contribution >= 0.6 is 11.6 Å². The minimum absolute atomic E-state index is 0.0849. The summed E-state index contributed by atoms with van der Waals surface area (Å²) in [5.41, 5.74) is 0.680. The molecular weight excluding hydrogens is 522 g/mol. The molecule has 0 aromatic heterocycles. The number of halogens is 1. The molecule has 0 spiro atoms. The first-order valence-electron chi connectivity index (χ1n) is 12.9. The van der Waals surface area contributed by atoms with Gasteiger partial charge in [-0.15, -0.1) is 0 Å². The van der Waals surface area contributed by atoms with Crippen LogP contribution in [-0.4, -0.2) is 55.1 Å². The van der Waals surface area contributed by atoms with Crippen molar-refractivity contribution in [3.8, 4) is 0 Å². The molecule has 0 bridgehead atoms. The quantitative estimate of drug-likeness (QED) is 0.403. The van der Waals surface area contributed by atoms with Crippen molar-refractivity contribution in [3.63, 3.8) is 0 Å². The van der Waals surface area contributed by atoms with Gasteiger partial charge in [0, 0.05) is 24.7 Å². The first-order chi connectivity index (χ1) is 18.2. The molecule has 0 saturated heterocycles. The van der Waals surface area contributed by atoms with Gasteiger partial charge >= 0.3 is 0 Å². The number of hydrogen-bond acceptors (Lipinski definition) is 4. The molecule has 9 heteroatoms. The van der Waals surface area contributed by atoms with Crippen molar-refractivity contribution in [2.75, 3.05) is 13.6 Å². The fourth-order valence-electron chi connectivity index (χ4n) is 4.84. The van der Waals surface area contributed by atoms with Gasteiger partial charge < -0.3 is 10.2 Å². The number of nitrogens with zero attached hydrogens (tertiary/aromatic N) is 2. The Morgan fingerprint density at radius 2 is 1.63 bits per heavy atom. The van der Waals surface area contributed by atoms with Crippen LogP contribution in [0.15, 0.2) is 71.6 Å². The number of hydrogen-bond donors (Lipinski definition) is 1. The molecule has 7 nitrogen and oxygen atoms in total. The Labute approximate surface area is 229 Å². The fourth-order valence-corrected chi connectivity index (χ4v) is 6.19. The first kappa shape index (κ1) is 28.1. The second-order valence-electron chi connectivity index (χ2n) is 9.90. The normalized spacial score (nSPS) is 15.4. The second-order valence-corrected chi connectivity index (χ2v) is 12.4. The van der Waals surface area contributed by atoms with E-state index >= 15 is 0 Å². The van der Waals surface area contributed by atoms with Crippen LogP contribution in [0.5, 0.6) is 0 Å². The second kappa shape index (κ2) is 12.3. The lowest BCUT2D eigenvalue weighted by Crippen LogP contribution is -2.52. The van der Waals surface area contributed by atoms with E-state index in [9.17, 15) is 18.0 Å². The lowest BCUT2D eigenvalue weighted by molar-refractivity contribution is -0.141. The minimum Gasteiger partial charge on any atom is -0.352 e. The number of rotatable bonds is 9. The van der Waals surface area contributed by atoms with Crippen LogP contribution in [0.1, 0.15) is 44.6 Å². The van der Waals surface area contributed by atoms with Gasteiger partial charge in [-0.3, -0.25) is 9.59 Å². The van der Waals surface area contributed by atoms with E-state index in [-0.39, 0.29) is 23.4 Å². The Hall–Kier alpha value is -2.94. The highest BCUT2D eigenvalue weighted by atomic mass is 35.5. The number of nitrogens with one attached hydrogen (secondary N) is 1. The monoisotopic (exact) mass is 555 g/mol. The van der Waals surface area contributed by atoms with Crippen molar-refractivity contribution in [3.05, 3.63) is 77.3 Å². The Bertz CT molecular complexity index is 1410. The maximum Gasteiger partial charge on any atom is 0.243 e. The molecule has 3 aromatic carbocycles. The minimum atomic E-state index is -3.95. The number of carbonyl (C=O) groups is 2. The predicted molar refractivity (Wildman–Crippen MR) is 150 cm³/mol. The van der Waals surface area contributed by atoms with E-state index in [1.807, 2.05) is 30.3 Å². The molecule has 202 valence electrons. The standard InChI is InChI=1S/C29H34ClN3O4S/c1-21(29(35)31-25-13-4-3-5-14-25)33(19-24-12-8-9-15-27(24)30)28(34)20-32(2)38(36,37)26-17-16-22-10-6-7-11-23(22)18-26/h6-12,15-18,21,25H,3-5,13-14,19-20H2,1-2H3,(H,31,35)/t21-/m1/s1. The Kier molecular flexibility index (Phi) is 9.07. The highest BCUT2D eigenvalue weighted by Crippen LogP contribution is 2.23. The van der Waals surface area contributed by atoms with Gasteiger partial charge in [0.2, 0.25) is 21.8 Å². The van der Waals surface area contributed by atoms with E-state index < -0.39 is 28.5 Å². The van der Waals surface area contributed by atoms with E-state index in [2.05, 4.69) is 5.32 Å². The van der Waals surface area contributed by atoms with Gasteiger partial charge in [0.25, 0.3) is 0 Å². The molecule has 1 N–H and O–H groups in total. The van der Waals surface area contributed by atoms with Crippen LogP contribution < -0.4 is 5.32 Å². The maximum atomic E-state index is 13.6. The molecular formula is C29H34ClN3O4S. The number of amides is 2. The number of likely N-dealkylation sites (N-methyl/N-ethyl adjacent to an activating group) is 1. The van der Waals surface area contributed by atoms with Crippen molar-refractivity contribution in [1.82, 2.24) is 14.5 Å². The van der Waals surface area contributed by atoms with Crippen molar-refractivity contribution < 1.29 is 18.0 Å². The van der Waals surface area contributed by atoms with Gasteiger partial charge in [-0.05, 0) is 54.3 Å². The van der Waals surface area contributed by atoms with Gasteiger partial charge in [0.05, 0.1) is 11.4 Å². The number of fused-ring (bicyclic) bond motifs is 1. The molecule has 3 aromatic rings. The molecule has 0 heterocycles. The van der Waals surface area contributed by atoms with Gasteiger partial charge in [0.1, 0.15) is 6.04 Å². The molecule has 1 aliphatic carbocycles. The summed E-state index contributed by atoms with van der Waals surface area (Å²) < 4.78 is 27.8. The summed E-state index contributed by atoms with van der Waals surface area (Å²) in [6.45, 7) is 1.34. The smallest absolute Gasteiger partial charge is 0.243 e.